The number of rotatable bonds is 6. The van der Waals surface area contributed by atoms with Gasteiger partial charge in [-0.2, -0.15) is 5.26 Å². The molecule has 1 saturated carbocycles. The summed E-state index contributed by atoms with van der Waals surface area (Å²) in [5, 5.41) is 18.6. The van der Waals surface area contributed by atoms with Gasteiger partial charge in [-0.1, -0.05) is 30.3 Å². The molecule has 0 spiro atoms. The average molecular weight is 404 g/mol. The smallest absolute Gasteiger partial charge is 0.252 e. The molecule has 148 valence electrons. The molecular formula is C24H25N3OS. The maximum absolute atomic E-state index is 11.9. The van der Waals surface area contributed by atoms with Crippen molar-refractivity contribution in [3.8, 4) is 6.07 Å². The van der Waals surface area contributed by atoms with Crippen molar-refractivity contribution in [3.63, 3.8) is 0 Å². The van der Waals surface area contributed by atoms with Crippen molar-refractivity contribution < 1.29 is 4.79 Å². The Labute approximate surface area is 175 Å². The number of fused-ring (bicyclic) bond motifs is 1. The van der Waals surface area contributed by atoms with Crippen molar-refractivity contribution in [1.29, 1.82) is 5.26 Å². The van der Waals surface area contributed by atoms with E-state index in [1.165, 1.54) is 27.6 Å². The third-order valence-electron chi connectivity index (χ3n) is 5.87. The number of nitriles is 1. The van der Waals surface area contributed by atoms with Crippen LogP contribution in [0.3, 0.4) is 0 Å². The van der Waals surface area contributed by atoms with Crippen molar-refractivity contribution in [1.82, 2.24) is 10.6 Å². The summed E-state index contributed by atoms with van der Waals surface area (Å²) in [6.45, 7) is 2.30. The van der Waals surface area contributed by atoms with Gasteiger partial charge in [0.05, 0.1) is 6.07 Å². The summed E-state index contributed by atoms with van der Waals surface area (Å²) in [5.41, 5.74) is 3.29. The van der Waals surface area contributed by atoms with Crippen molar-refractivity contribution in [2.75, 3.05) is 6.54 Å². The summed E-state index contributed by atoms with van der Waals surface area (Å²) in [6.07, 6.45) is 3.45. The summed E-state index contributed by atoms with van der Waals surface area (Å²) in [6, 6.07) is 19.2. The molecule has 1 heterocycles. The number of carbonyl (C=O) groups is 1. The van der Waals surface area contributed by atoms with E-state index in [1.54, 1.807) is 0 Å². The predicted octanol–water partition coefficient (Wildman–Crippen LogP) is 5.14. The minimum Gasteiger partial charge on any atom is -0.339 e. The summed E-state index contributed by atoms with van der Waals surface area (Å²) in [4.78, 5) is 11.9. The Bertz CT molecular complexity index is 1030. The standard InChI is InChI=1S/C24H25N3OS/c1-16(22-15-29-23-5-3-2-4-21(22)23)27-20-11-10-19(14-20)17-6-8-18(9-7-17)24(28)26-13-12-25/h2-9,15-16,19-20,27H,10-11,13-14H2,1H3,(H,26,28)/t16-,19+,20?/m1/s1. The van der Waals surface area contributed by atoms with E-state index in [1.807, 2.05) is 29.5 Å². The van der Waals surface area contributed by atoms with E-state index in [-0.39, 0.29) is 12.5 Å². The van der Waals surface area contributed by atoms with E-state index >= 15 is 0 Å². The molecule has 4 rings (SSSR count). The number of amides is 1. The lowest BCUT2D eigenvalue weighted by Crippen LogP contribution is -2.29. The topological polar surface area (TPSA) is 64.9 Å². The monoisotopic (exact) mass is 403 g/mol. The third-order valence-corrected chi connectivity index (χ3v) is 6.85. The van der Waals surface area contributed by atoms with E-state index in [4.69, 9.17) is 5.26 Å². The van der Waals surface area contributed by atoms with Crippen LogP contribution >= 0.6 is 11.3 Å². The summed E-state index contributed by atoms with van der Waals surface area (Å²) in [5.74, 6) is 0.330. The lowest BCUT2D eigenvalue weighted by atomic mass is 9.96. The molecular weight excluding hydrogens is 378 g/mol. The number of thiophene rings is 1. The van der Waals surface area contributed by atoms with Gasteiger partial charge in [-0.25, -0.2) is 0 Å². The molecule has 5 heteroatoms. The molecule has 1 fully saturated rings. The fraction of sp³-hybridized carbons (Fsp3) is 0.333. The van der Waals surface area contributed by atoms with E-state index in [9.17, 15) is 4.79 Å². The van der Waals surface area contributed by atoms with Crippen LogP contribution in [0.5, 0.6) is 0 Å². The molecule has 0 bridgehead atoms. The van der Waals surface area contributed by atoms with Gasteiger partial charge < -0.3 is 10.6 Å². The van der Waals surface area contributed by atoms with Gasteiger partial charge in [0.15, 0.2) is 0 Å². The van der Waals surface area contributed by atoms with Crippen LogP contribution in [-0.2, 0) is 0 Å². The molecule has 1 aliphatic carbocycles. The first-order valence-corrected chi connectivity index (χ1v) is 11.0. The Kier molecular flexibility index (Phi) is 5.94. The molecule has 3 atom stereocenters. The molecule has 1 unspecified atom stereocenters. The normalized spacial score (nSPS) is 19.7. The largest absolute Gasteiger partial charge is 0.339 e. The predicted molar refractivity (Wildman–Crippen MR) is 118 cm³/mol. The molecule has 29 heavy (non-hydrogen) atoms. The van der Waals surface area contributed by atoms with E-state index in [0.717, 1.165) is 12.8 Å². The summed E-state index contributed by atoms with van der Waals surface area (Å²) >= 11 is 1.82. The molecule has 1 amide bonds. The second-order valence-electron chi connectivity index (χ2n) is 7.75. The highest BCUT2D eigenvalue weighted by atomic mass is 32.1. The van der Waals surface area contributed by atoms with Gasteiger partial charge in [-0.15, -0.1) is 11.3 Å². The number of nitrogens with one attached hydrogen (secondary N) is 2. The Balaban J connectivity index is 1.36. The first-order valence-electron chi connectivity index (χ1n) is 10.1. The van der Waals surface area contributed by atoms with Crippen molar-refractivity contribution in [2.24, 2.45) is 0 Å². The maximum Gasteiger partial charge on any atom is 0.252 e. The van der Waals surface area contributed by atoms with Crippen LogP contribution in [0.2, 0.25) is 0 Å². The number of benzene rings is 2. The fourth-order valence-electron chi connectivity index (χ4n) is 4.34. The SMILES string of the molecule is C[C@@H](NC1CC[C@H](c2ccc(C(=O)NCC#N)cc2)C1)c1csc2ccccc12. The van der Waals surface area contributed by atoms with Crippen LogP contribution in [0.1, 0.15) is 59.6 Å². The van der Waals surface area contributed by atoms with E-state index in [2.05, 4.69) is 59.3 Å². The zero-order chi connectivity index (χ0) is 20.2. The van der Waals surface area contributed by atoms with E-state index < -0.39 is 0 Å². The molecule has 0 aliphatic heterocycles. The van der Waals surface area contributed by atoms with Crippen LogP contribution in [0.25, 0.3) is 10.1 Å². The van der Waals surface area contributed by atoms with Crippen LogP contribution in [0.4, 0.5) is 0 Å². The van der Waals surface area contributed by atoms with Crippen molar-refractivity contribution in [2.45, 2.75) is 44.2 Å². The Morgan fingerprint density at radius 3 is 2.79 bits per heavy atom. The maximum atomic E-state index is 11.9. The van der Waals surface area contributed by atoms with Gasteiger partial charge in [0, 0.05) is 22.3 Å². The molecule has 2 aromatic carbocycles. The van der Waals surface area contributed by atoms with Gasteiger partial charge >= 0.3 is 0 Å². The molecule has 3 aromatic rings. The quantitative estimate of drug-likeness (QED) is 0.560. The Morgan fingerprint density at radius 1 is 1.21 bits per heavy atom. The van der Waals surface area contributed by atoms with Crippen molar-refractivity contribution in [3.05, 3.63) is 70.6 Å². The number of hydrogen-bond acceptors (Lipinski definition) is 4. The van der Waals surface area contributed by atoms with Gasteiger partial charge in [0.25, 0.3) is 5.91 Å². The Hall–Kier alpha value is -2.68. The number of carbonyl (C=O) groups excluding carboxylic acids is 1. The van der Waals surface area contributed by atoms with Gasteiger partial charge in [-0.05, 0) is 72.2 Å². The summed E-state index contributed by atoms with van der Waals surface area (Å²) < 4.78 is 1.35. The first-order chi connectivity index (χ1) is 14.2. The molecule has 1 aliphatic rings. The number of hydrogen-bond donors (Lipinski definition) is 2. The third kappa shape index (κ3) is 4.34. The van der Waals surface area contributed by atoms with E-state index in [0.29, 0.717) is 23.6 Å². The minimum absolute atomic E-state index is 0.0359. The van der Waals surface area contributed by atoms with Crippen LogP contribution < -0.4 is 10.6 Å². The highest BCUT2D eigenvalue weighted by Gasteiger charge is 2.27. The van der Waals surface area contributed by atoms with Crippen LogP contribution in [-0.4, -0.2) is 18.5 Å². The highest BCUT2D eigenvalue weighted by molar-refractivity contribution is 7.17. The second kappa shape index (κ2) is 8.77. The highest BCUT2D eigenvalue weighted by Crippen LogP contribution is 2.37. The molecule has 4 nitrogen and oxygen atoms in total. The summed E-state index contributed by atoms with van der Waals surface area (Å²) in [7, 11) is 0. The molecule has 0 radical (unpaired) electrons. The molecule has 1 aromatic heterocycles. The fourth-order valence-corrected chi connectivity index (χ4v) is 5.40. The Morgan fingerprint density at radius 2 is 2.00 bits per heavy atom. The van der Waals surface area contributed by atoms with Crippen molar-refractivity contribution >= 4 is 27.3 Å². The second-order valence-corrected chi connectivity index (χ2v) is 8.66. The minimum atomic E-state index is -0.194. The van der Waals surface area contributed by atoms with Gasteiger partial charge in [0.1, 0.15) is 6.54 Å². The molecule has 2 N–H and O–H groups in total. The average Bonchev–Trinajstić information content (AvgIpc) is 3.39. The van der Waals surface area contributed by atoms with Crippen LogP contribution in [0.15, 0.2) is 53.9 Å². The lowest BCUT2D eigenvalue weighted by Gasteiger charge is -2.20. The lowest BCUT2D eigenvalue weighted by molar-refractivity contribution is 0.0958. The van der Waals surface area contributed by atoms with Crippen LogP contribution in [0, 0.1) is 11.3 Å². The zero-order valence-electron chi connectivity index (χ0n) is 16.5. The first kappa shape index (κ1) is 19.6. The van der Waals surface area contributed by atoms with Gasteiger partial charge in [-0.3, -0.25) is 4.79 Å². The zero-order valence-corrected chi connectivity index (χ0v) is 17.3. The number of nitrogens with zero attached hydrogens (tertiary/aromatic N) is 1. The van der Waals surface area contributed by atoms with Gasteiger partial charge in [0.2, 0.25) is 0 Å². The molecule has 0 saturated heterocycles.